The normalized spacial score (nSPS) is 9.25. The Balaban J connectivity index is 0.000000336. The number of fused-ring (bicyclic) bond motifs is 1. The maximum absolute atomic E-state index is 7.00. The summed E-state index contributed by atoms with van der Waals surface area (Å²) in [6, 6.07) is 2.05. The molecule has 0 unspecified atom stereocenters. The molecule has 5 heteroatoms. The van der Waals surface area contributed by atoms with Crippen molar-refractivity contribution in [2.45, 2.75) is 0 Å². The number of aromatic amines is 1. The number of aromatic nitrogens is 2. The van der Waals surface area contributed by atoms with Crippen molar-refractivity contribution in [3.05, 3.63) is 11.4 Å². The van der Waals surface area contributed by atoms with Gasteiger partial charge >= 0.3 is 0 Å². The van der Waals surface area contributed by atoms with E-state index in [0.29, 0.717) is 0 Å². The Hall–Kier alpha value is -1.07. The van der Waals surface area contributed by atoms with Gasteiger partial charge in [0.05, 0.1) is 5.39 Å². The second-order valence-electron chi connectivity index (χ2n) is 1.99. The van der Waals surface area contributed by atoms with Gasteiger partial charge in [-0.1, -0.05) is 0 Å². The molecule has 0 bridgehead atoms. The zero-order valence-corrected chi connectivity index (χ0v) is 7.77. The lowest BCUT2D eigenvalue weighted by Gasteiger charge is -1.89. The quantitative estimate of drug-likeness (QED) is 0.627. The van der Waals surface area contributed by atoms with Crippen LogP contribution in [0.15, 0.2) is 11.4 Å². The van der Waals surface area contributed by atoms with Crippen LogP contribution < -0.4 is 5.32 Å². The van der Waals surface area contributed by atoms with Crippen LogP contribution >= 0.6 is 11.3 Å². The van der Waals surface area contributed by atoms with Gasteiger partial charge in [0, 0.05) is 14.2 Å². The molecule has 0 spiro atoms. The van der Waals surface area contributed by atoms with Gasteiger partial charge in [0.15, 0.2) is 0 Å². The minimum atomic E-state index is 0.997. The molecule has 0 aliphatic carbocycles. The highest BCUT2D eigenvalue weighted by atomic mass is 32.1. The maximum Gasteiger partial charge on any atom is 0.147 e. The zero-order chi connectivity index (χ0) is 8.97. The van der Waals surface area contributed by atoms with Crippen LogP contribution in [0.25, 0.3) is 10.2 Å². The molecule has 2 heterocycles. The van der Waals surface area contributed by atoms with Crippen molar-refractivity contribution in [3.63, 3.8) is 0 Å². The Labute approximate surface area is 74.2 Å². The van der Waals surface area contributed by atoms with E-state index in [1.165, 1.54) is 5.39 Å². The molecule has 0 amide bonds. The van der Waals surface area contributed by atoms with Crippen molar-refractivity contribution < 1.29 is 5.11 Å². The van der Waals surface area contributed by atoms with Crippen molar-refractivity contribution in [1.82, 2.24) is 10.2 Å². The SMILES string of the molecule is CNc1[nH]nc2sccc12.CO. The van der Waals surface area contributed by atoms with E-state index >= 15 is 0 Å². The van der Waals surface area contributed by atoms with Gasteiger partial charge in [-0.2, -0.15) is 5.10 Å². The molecular weight excluding hydrogens is 174 g/mol. The third-order valence-corrected chi connectivity index (χ3v) is 2.24. The van der Waals surface area contributed by atoms with E-state index < -0.39 is 0 Å². The first kappa shape index (κ1) is 9.02. The fraction of sp³-hybridized carbons (Fsp3) is 0.286. The summed E-state index contributed by atoms with van der Waals surface area (Å²) in [5.41, 5.74) is 0. The number of anilines is 1. The van der Waals surface area contributed by atoms with Crippen LogP contribution in [0.3, 0.4) is 0 Å². The molecule has 0 saturated heterocycles. The molecule has 66 valence electrons. The molecule has 0 aliphatic rings. The number of aliphatic hydroxyl groups excluding tert-OH is 1. The molecule has 0 aliphatic heterocycles. The Morgan fingerprint density at radius 2 is 2.33 bits per heavy atom. The molecule has 0 radical (unpaired) electrons. The van der Waals surface area contributed by atoms with E-state index in [4.69, 9.17) is 5.11 Å². The second kappa shape index (κ2) is 4.08. The standard InChI is InChI=1S/C6H7N3S.CH4O/c1-7-5-4-2-3-10-6(4)9-8-5;1-2/h2-3H,1H3,(H2,7,8,9);2H,1H3. The highest BCUT2D eigenvalue weighted by Gasteiger charge is 2.01. The van der Waals surface area contributed by atoms with Crippen LogP contribution in [0.1, 0.15) is 0 Å². The first-order valence-corrected chi connectivity index (χ1v) is 4.34. The summed E-state index contributed by atoms with van der Waals surface area (Å²) >= 11 is 1.64. The van der Waals surface area contributed by atoms with E-state index in [1.807, 2.05) is 12.4 Å². The number of H-pyrrole nitrogens is 1. The summed E-state index contributed by atoms with van der Waals surface area (Å²) in [5.74, 6) is 0.997. The first-order chi connectivity index (χ1) is 5.92. The number of rotatable bonds is 1. The van der Waals surface area contributed by atoms with Gasteiger partial charge in [-0.3, -0.25) is 5.10 Å². The lowest BCUT2D eigenvalue weighted by atomic mass is 10.4. The van der Waals surface area contributed by atoms with E-state index in [1.54, 1.807) is 11.3 Å². The predicted molar refractivity (Wildman–Crippen MR) is 51.7 cm³/mol. The summed E-state index contributed by atoms with van der Waals surface area (Å²) in [6.45, 7) is 0. The minimum Gasteiger partial charge on any atom is -0.400 e. The molecule has 0 fully saturated rings. The second-order valence-corrected chi connectivity index (χ2v) is 2.88. The zero-order valence-electron chi connectivity index (χ0n) is 6.96. The molecule has 4 nitrogen and oxygen atoms in total. The third-order valence-electron chi connectivity index (χ3n) is 1.43. The third kappa shape index (κ3) is 1.41. The molecule has 2 rings (SSSR count). The summed E-state index contributed by atoms with van der Waals surface area (Å²) in [5, 5.41) is 20.2. The number of thiophene rings is 1. The van der Waals surface area contributed by atoms with Gasteiger partial charge in [-0.15, -0.1) is 11.3 Å². The van der Waals surface area contributed by atoms with Crippen LogP contribution in [0.5, 0.6) is 0 Å². The molecule has 0 saturated carbocycles. The molecular formula is C7H11N3OS. The molecule has 2 aromatic rings. The average Bonchev–Trinajstić information content (AvgIpc) is 2.67. The summed E-state index contributed by atoms with van der Waals surface area (Å²) in [6.07, 6.45) is 0. The van der Waals surface area contributed by atoms with Crippen LogP contribution in [0.4, 0.5) is 5.82 Å². The number of aliphatic hydroxyl groups is 1. The highest BCUT2D eigenvalue weighted by molar-refractivity contribution is 7.16. The lowest BCUT2D eigenvalue weighted by Crippen LogP contribution is -1.86. The van der Waals surface area contributed by atoms with Crippen molar-refractivity contribution in [1.29, 1.82) is 0 Å². The summed E-state index contributed by atoms with van der Waals surface area (Å²) in [4.78, 5) is 1.06. The van der Waals surface area contributed by atoms with Crippen LogP contribution in [0, 0.1) is 0 Å². The van der Waals surface area contributed by atoms with Gasteiger partial charge in [-0.25, -0.2) is 0 Å². The largest absolute Gasteiger partial charge is 0.400 e. The fourth-order valence-electron chi connectivity index (χ4n) is 0.936. The maximum atomic E-state index is 7.00. The molecule has 2 aromatic heterocycles. The topological polar surface area (TPSA) is 60.9 Å². The first-order valence-electron chi connectivity index (χ1n) is 3.46. The predicted octanol–water partition coefficient (Wildman–Crippen LogP) is 1.27. The molecule has 12 heavy (non-hydrogen) atoms. The lowest BCUT2D eigenvalue weighted by molar-refractivity contribution is 0.399. The van der Waals surface area contributed by atoms with Crippen LogP contribution in [0.2, 0.25) is 0 Å². The highest BCUT2D eigenvalue weighted by Crippen LogP contribution is 2.23. The minimum absolute atomic E-state index is 0.997. The Bertz CT molecular complexity index is 341. The number of hydrogen-bond acceptors (Lipinski definition) is 4. The van der Waals surface area contributed by atoms with Gasteiger partial charge in [0.1, 0.15) is 10.6 Å². The summed E-state index contributed by atoms with van der Waals surface area (Å²) < 4.78 is 0. The van der Waals surface area contributed by atoms with Crippen molar-refractivity contribution in [3.8, 4) is 0 Å². The van der Waals surface area contributed by atoms with E-state index in [-0.39, 0.29) is 0 Å². The molecule has 0 aromatic carbocycles. The monoisotopic (exact) mass is 185 g/mol. The number of nitrogens with zero attached hydrogens (tertiary/aromatic N) is 1. The van der Waals surface area contributed by atoms with Gasteiger partial charge in [-0.05, 0) is 11.4 Å². The van der Waals surface area contributed by atoms with Crippen molar-refractivity contribution in [2.24, 2.45) is 0 Å². The van der Waals surface area contributed by atoms with Gasteiger partial charge in [0.2, 0.25) is 0 Å². The van der Waals surface area contributed by atoms with Crippen LogP contribution in [-0.2, 0) is 0 Å². The molecule has 3 N–H and O–H groups in total. The van der Waals surface area contributed by atoms with Crippen molar-refractivity contribution >= 4 is 27.4 Å². The average molecular weight is 185 g/mol. The van der Waals surface area contributed by atoms with Gasteiger partial charge in [0.25, 0.3) is 0 Å². The molecule has 0 atom stereocenters. The van der Waals surface area contributed by atoms with E-state index in [0.717, 1.165) is 17.8 Å². The van der Waals surface area contributed by atoms with E-state index in [9.17, 15) is 0 Å². The number of hydrogen-bond donors (Lipinski definition) is 3. The number of nitrogens with one attached hydrogen (secondary N) is 2. The Morgan fingerprint density at radius 1 is 1.58 bits per heavy atom. The van der Waals surface area contributed by atoms with Crippen LogP contribution in [-0.4, -0.2) is 29.5 Å². The van der Waals surface area contributed by atoms with Crippen molar-refractivity contribution in [2.75, 3.05) is 19.5 Å². The Morgan fingerprint density at radius 3 is 3.00 bits per heavy atom. The van der Waals surface area contributed by atoms with Gasteiger partial charge < -0.3 is 10.4 Å². The summed E-state index contributed by atoms with van der Waals surface area (Å²) in [7, 11) is 2.88. The van der Waals surface area contributed by atoms with E-state index in [2.05, 4.69) is 21.6 Å². The fourth-order valence-corrected chi connectivity index (χ4v) is 1.66. The Kier molecular flexibility index (Phi) is 3.07. The smallest absolute Gasteiger partial charge is 0.147 e.